The van der Waals surface area contributed by atoms with Crippen LogP contribution in [-0.2, 0) is 25.6 Å². The number of hydrogen-bond donors (Lipinski definition) is 8. The smallest absolute Gasteiger partial charge is 0.326 e. The number of aliphatic carboxylic acids is 1. The van der Waals surface area contributed by atoms with E-state index in [-0.39, 0.29) is 12.8 Å². The number of nitrogens with two attached hydrogens (primary N) is 2. The maximum atomic E-state index is 12.7. The van der Waals surface area contributed by atoms with Crippen molar-refractivity contribution in [3.05, 3.63) is 18.2 Å². The summed E-state index contributed by atoms with van der Waals surface area (Å²) in [5.74, 6) is -3.31. The monoisotopic (exact) mass is 455 g/mol. The molecule has 0 bridgehead atoms. The Bertz CT molecular complexity index is 755. The van der Waals surface area contributed by atoms with Crippen LogP contribution in [0.5, 0.6) is 0 Å². The number of aliphatic hydroxyl groups is 1. The quantitative estimate of drug-likeness (QED) is 0.137. The van der Waals surface area contributed by atoms with E-state index >= 15 is 0 Å². The highest BCUT2D eigenvalue weighted by Gasteiger charge is 2.29. The third kappa shape index (κ3) is 8.99. The van der Waals surface area contributed by atoms with E-state index in [2.05, 4.69) is 25.9 Å². The number of carbonyl (C=O) groups excluding carboxylic acids is 3. The summed E-state index contributed by atoms with van der Waals surface area (Å²) in [6, 6.07) is -4.54. The lowest BCUT2D eigenvalue weighted by atomic mass is 10.1. The van der Waals surface area contributed by atoms with Crippen molar-refractivity contribution in [3.8, 4) is 0 Å². The van der Waals surface area contributed by atoms with Gasteiger partial charge in [-0.05, 0) is 39.7 Å². The van der Waals surface area contributed by atoms with Gasteiger partial charge in [0.15, 0.2) is 0 Å². The Morgan fingerprint density at radius 1 is 1.06 bits per heavy atom. The van der Waals surface area contributed by atoms with Gasteiger partial charge < -0.3 is 42.6 Å². The van der Waals surface area contributed by atoms with E-state index in [4.69, 9.17) is 11.5 Å². The highest BCUT2D eigenvalue weighted by molar-refractivity contribution is 5.94. The lowest BCUT2D eigenvalue weighted by Gasteiger charge is -2.24. The third-order valence-electron chi connectivity index (χ3n) is 4.75. The second-order valence-electron chi connectivity index (χ2n) is 7.52. The summed E-state index contributed by atoms with van der Waals surface area (Å²) in [7, 11) is 0. The van der Waals surface area contributed by atoms with Crippen LogP contribution in [0.3, 0.4) is 0 Å². The molecule has 1 aromatic rings. The normalized spacial score (nSPS) is 15.7. The Kier molecular flexibility index (Phi) is 11.3. The number of carboxylic acids is 1. The molecule has 13 nitrogen and oxygen atoms in total. The van der Waals surface area contributed by atoms with Crippen LogP contribution < -0.4 is 27.4 Å². The van der Waals surface area contributed by atoms with Crippen LogP contribution in [0.1, 0.15) is 38.8 Å². The van der Waals surface area contributed by atoms with Crippen molar-refractivity contribution in [2.24, 2.45) is 11.5 Å². The fourth-order valence-corrected chi connectivity index (χ4v) is 2.74. The maximum Gasteiger partial charge on any atom is 0.326 e. The van der Waals surface area contributed by atoms with Gasteiger partial charge in [-0.15, -0.1) is 0 Å². The Morgan fingerprint density at radius 2 is 1.72 bits per heavy atom. The lowest BCUT2D eigenvalue weighted by molar-refractivity contribution is -0.142. The molecule has 0 saturated heterocycles. The van der Waals surface area contributed by atoms with E-state index in [9.17, 15) is 29.4 Å². The number of carboxylic acid groups (broad SMARTS) is 1. The van der Waals surface area contributed by atoms with Crippen LogP contribution in [0.2, 0.25) is 0 Å². The Labute approximate surface area is 185 Å². The Morgan fingerprint density at radius 3 is 2.25 bits per heavy atom. The summed E-state index contributed by atoms with van der Waals surface area (Å²) < 4.78 is 0. The van der Waals surface area contributed by atoms with Gasteiger partial charge in [-0.1, -0.05) is 0 Å². The standard InChI is InChI=1S/C19H33N7O6/c1-10(16(28)26-14(19(31)32)7-12-8-22-9-23-12)24-17(29)13(5-3-4-6-20)25-18(30)15(21)11(2)27/h8-11,13-15,27H,3-7,20-21H2,1-2H3,(H,22,23)(H,24,29)(H,25,30)(H,26,28)(H,31,32). The molecule has 0 aromatic carbocycles. The number of nitrogens with zero attached hydrogens (tertiary/aromatic N) is 1. The molecule has 5 atom stereocenters. The molecule has 10 N–H and O–H groups in total. The van der Waals surface area contributed by atoms with Gasteiger partial charge in [0.05, 0.1) is 12.4 Å². The lowest BCUT2D eigenvalue weighted by Crippen LogP contribution is -2.57. The van der Waals surface area contributed by atoms with E-state index in [0.29, 0.717) is 25.1 Å². The van der Waals surface area contributed by atoms with Crippen molar-refractivity contribution >= 4 is 23.7 Å². The number of aliphatic hydroxyl groups excluding tert-OH is 1. The highest BCUT2D eigenvalue weighted by atomic mass is 16.4. The molecule has 1 rings (SSSR count). The molecule has 0 saturated carbocycles. The van der Waals surface area contributed by atoms with Gasteiger partial charge in [0.25, 0.3) is 0 Å². The molecule has 0 fully saturated rings. The van der Waals surface area contributed by atoms with Crippen LogP contribution in [0.15, 0.2) is 12.5 Å². The van der Waals surface area contributed by atoms with Gasteiger partial charge in [-0.25, -0.2) is 9.78 Å². The second kappa shape index (κ2) is 13.4. The predicted molar refractivity (Wildman–Crippen MR) is 114 cm³/mol. The first kappa shape index (κ1) is 27.0. The molecule has 0 aliphatic rings. The Balaban J connectivity index is 2.75. The van der Waals surface area contributed by atoms with E-state index in [1.54, 1.807) is 0 Å². The number of aromatic amines is 1. The number of nitrogens with one attached hydrogen (secondary N) is 4. The van der Waals surface area contributed by atoms with Gasteiger partial charge in [0.2, 0.25) is 17.7 Å². The van der Waals surface area contributed by atoms with Crippen molar-refractivity contribution in [1.29, 1.82) is 0 Å². The first-order valence-corrected chi connectivity index (χ1v) is 10.3. The minimum absolute atomic E-state index is 0.0171. The number of hydrogen-bond acceptors (Lipinski definition) is 8. The van der Waals surface area contributed by atoms with E-state index in [0.717, 1.165) is 0 Å². The average Bonchev–Trinajstić information content (AvgIpc) is 3.24. The van der Waals surface area contributed by atoms with Crippen LogP contribution in [0.4, 0.5) is 0 Å². The predicted octanol–water partition coefficient (Wildman–Crippen LogP) is -2.65. The molecule has 13 heteroatoms. The van der Waals surface area contributed by atoms with Crippen molar-refractivity contribution in [2.45, 2.75) is 69.8 Å². The van der Waals surface area contributed by atoms with Gasteiger partial charge in [0, 0.05) is 18.3 Å². The van der Waals surface area contributed by atoms with Crippen LogP contribution in [0.25, 0.3) is 0 Å². The second-order valence-corrected chi connectivity index (χ2v) is 7.52. The molecular formula is C19H33N7O6. The molecular weight excluding hydrogens is 422 g/mol. The molecule has 1 aromatic heterocycles. The van der Waals surface area contributed by atoms with Gasteiger partial charge in [0.1, 0.15) is 24.2 Å². The summed E-state index contributed by atoms with van der Waals surface area (Å²) in [5, 5.41) is 26.2. The molecule has 180 valence electrons. The highest BCUT2D eigenvalue weighted by Crippen LogP contribution is 2.04. The summed E-state index contributed by atoms with van der Waals surface area (Å²) in [4.78, 5) is 55.3. The summed E-state index contributed by atoms with van der Waals surface area (Å²) >= 11 is 0. The number of carbonyl (C=O) groups is 4. The molecule has 0 aliphatic carbocycles. The van der Waals surface area contributed by atoms with Crippen LogP contribution in [0, 0.1) is 0 Å². The fraction of sp³-hybridized carbons (Fsp3) is 0.632. The third-order valence-corrected chi connectivity index (χ3v) is 4.75. The van der Waals surface area contributed by atoms with Crippen molar-refractivity contribution < 1.29 is 29.4 Å². The average molecular weight is 456 g/mol. The largest absolute Gasteiger partial charge is 0.480 e. The zero-order valence-electron chi connectivity index (χ0n) is 18.2. The number of imidazole rings is 1. The number of aromatic nitrogens is 2. The first-order valence-electron chi connectivity index (χ1n) is 10.3. The Hall–Kier alpha value is -3.03. The molecule has 0 radical (unpaired) electrons. The molecule has 3 amide bonds. The van der Waals surface area contributed by atoms with E-state index < -0.39 is 54.0 Å². The van der Waals surface area contributed by atoms with Crippen LogP contribution >= 0.6 is 0 Å². The maximum absolute atomic E-state index is 12.7. The summed E-state index contributed by atoms with van der Waals surface area (Å²) in [6.07, 6.45) is 3.09. The molecule has 0 spiro atoms. The number of H-pyrrole nitrogens is 1. The number of unbranched alkanes of at least 4 members (excludes halogenated alkanes) is 1. The SMILES string of the molecule is CC(NC(=O)C(CCCCN)NC(=O)C(N)C(C)O)C(=O)NC(Cc1cnc[nH]1)C(=O)O. The van der Waals surface area contributed by atoms with Gasteiger partial charge in [-0.2, -0.15) is 0 Å². The van der Waals surface area contributed by atoms with E-state index in [1.807, 2.05) is 0 Å². The fourth-order valence-electron chi connectivity index (χ4n) is 2.74. The summed E-state index contributed by atoms with van der Waals surface area (Å²) in [5.41, 5.74) is 11.6. The van der Waals surface area contributed by atoms with Crippen molar-refractivity contribution in [2.75, 3.05) is 6.54 Å². The number of amides is 3. The zero-order valence-corrected chi connectivity index (χ0v) is 18.2. The van der Waals surface area contributed by atoms with E-state index in [1.165, 1.54) is 26.4 Å². The minimum atomic E-state index is -1.24. The molecule has 32 heavy (non-hydrogen) atoms. The van der Waals surface area contributed by atoms with Gasteiger partial charge in [-0.3, -0.25) is 14.4 Å². The van der Waals surface area contributed by atoms with Crippen LogP contribution in [-0.4, -0.2) is 80.7 Å². The minimum Gasteiger partial charge on any atom is -0.480 e. The number of rotatable bonds is 14. The molecule has 5 unspecified atom stereocenters. The first-order chi connectivity index (χ1) is 15.1. The van der Waals surface area contributed by atoms with Crippen molar-refractivity contribution in [3.63, 3.8) is 0 Å². The zero-order chi connectivity index (χ0) is 24.3. The molecule has 0 aliphatic heterocycles. The summed E-state index contributed by atoms with van der Waals surface area (Å²) in [6.45, 7) is 3.14. The van der Waals surface area contributed by atoms with Crippen molar-refractivity contribution in [1.82, 2.24) is 25.9 Å². The van der Waals surface area contributed by atoms with Gasteiger partial charge >= 0.3 is 5.97 Å². The molecule has 1 heterocycles. The topological polar surface area (TPSA) is 226 Å².